The Labute approximate surface area is 100 Å². The third-order valence-electron chi connectivity index (χ3n) is 2.48. The molecule has 0 saturated carbocycles. The van der Waals surface area contributed by atoms with Gasteiger partial charge in [-0.1, -0.05) is 20.3 Å². The van der Waals surface area contributed by atoms with E-state index in [9.17, 15) is 0 Å². The summed E-state index contributed by atoms with van der Waals surface area (Å²) >= 11 is 2.08. The molecule has 0 rings (SSSR count). The third kappa shape index (κ3) is 12.2. The molecule has 92 valence electrons. The fraction of sp³-hybridized carbons (Fsp3) is 1.00. The summed E-state index contributed by atoms with van der Waals surface area (Å²) in [6.07, 6.45) is 2.56. The van der Waals surface area contributed by atoms with Gasteiger partial charge in [-0.2, -0.15) is 11.8 Å². The maximum atomic E-state index is 3.48. The van der Waals surface area contributed by atoms with Crippen LogP contribution in [0.25, 0.3) is 0 Å². The number of thioether (sulfide) groups is 1. The molecule has 0 aromatic heterocycles. The zero-order valence-electron chi connectivity index (χ0n) is 10.9. The van der Waals surface area contributed by atoms with Gasteiger partial charge in [0.2, 0.25) is 0 Å². The first-order valence-corrected chi connectivity index (χ1v) is 7.25. The topological polar surface area (TPSA) is 15.3 Å². The Balaban J connectivity index is 2.99. The molecule has 0 aromatic carbocycles. The first-order valence-electron chi connectivity index (χ1n) is 6.10. The molecule has 3 heteroatoms. The quantitative estimate of drug-likeness (QED) is 0.582. The minimum atomic E-state index is 0.878. The summed E-state index contributed by atoms with van der Waals surface area (Å²) in [6.45, 7) is 8.10. The smallest absolute Gasteiger partial charge is 0.00582 e. The monoisotopic (exact) mass is 232 g/mol. The van der Waals surface area contributed by atoms with Crippen LogP contribution in [0.15, 0.2) is 0 Å². The first kappa shape index (κ1) is 15.3. The van der Waals surface area contributed by atoms with Gasteiger partial charge in [-0.3, -0.25) is 0 Å². The van der Waals surface area contributed by atoms with Gasteiger partial charge in [0.15, 0.2) is 0 Å². The number of nitrogens with one attached hydrogen (secondary N) is 1. The van der Waals surface area contributed by atoms with E-state index in [1.165, 1.54) is 30.9 Å². The lowest BCUT2D eigenvalue weighted by atomic mass is 10.2. The fourth-order valence-electron chi connectivity index (χ4n) is 1.19. The summed E-state index contributed by atoms with van der Waals surface area (Å²) in [5, 5.41) is 3.48. The van der Waals surface area contributed by atoms with E-state index in [1.807, 2.05) is 0 Å². The second-order valence-electron chi connectivity index (χ2n) is 4.50. The van der Waals surface area contributed by atoms with Crippen molar-refractivity contribution in [1.29, 1.82) is 0 Å². The van der Waals surface area contributed by atoms with Crippen LogP contribution in [-0.2, 0) is 0 Å². The van der Waals surface area contributed by atoms with E-state index < -0.39 is 0 Å². The highest BCUT2D eigenvalue weighted by atomic mass is 32.2. The van der Waals surface area contributed by atoms with Crippen LogP contribution in [0.5, 0.6) is 0 Å². The van der Waals surface area contributed by atoms with E-state index >= 15 is 0 Å². The molecule has 0 aliphatic heterocycles. The predicted octanol–water partition coefficient (Wildman–Crippen LogP) is 2.31. The van der Waals surface area contributed by atoms with Crippen molar-refractivity contribution in [3.8, 4) is 0 Å². The molecule has 0 saturated heterocycles. The van der Waals surface area contributed by atoms with E-state index in [-0.39, 0.29) is 0 Å². The third-order valence-corrected chi connectivity index (χ3v) is 3.78. The summed E-state index contributed by atoms with van der Waals surface area (Å²) in [5.41, 5.74) is 0. The molecule has 2 nitrogen and oxygen atoms in total. The van der Waals surface area contributed by atoms with Crippen LogP contribution in [0.4, 0.5) is 0 Å². The van der Waals surface area contributed by atoms with Gasteiger partial charge in [0.25, 0.3) is 0 Å². The highest BCUT2D eigenvalue weighted by Crippen LogP contribution is 2.09. The molecule has 0 bridgehead atoms. The van der Waals surface area contributed by atoms with Gasteiger partial charge in [-0.05, 0) is 45.3 Å². The van der Waals surface area contributed by atoms with E-state index in [0.29, 0.717) is 0 Å². The Hall–Kier alpha value is 0.270. The van der Waals surface area contributed by atoms with Crippen LogP contribution >= 0.6 is 11.8 Å². The molecule has 0 aliphatic rings. The van der Waals surface area contributed by atoms with Gasteiger partial charge >= 0.3 is 0 Å². The molecule has 0 aliphatic carbocycles. The molecule has 15 heavy (non-hydrogen) atoms. The molecule has 0 aromatic rings. The molecule has 0 heterocycles. The van der Waals surface area contributed by atoms with Gasteiger partial charge in [-0.25, -0.2) is 0 Å². The van der Waals surface area contributed by atoms with Crippen molar-refractivity contribution in [2.24, 2.45) is 5.92 Å². The Morgan fingerprint density at radius 1 is 1.27 bits per heavy atom. The van der Waals surface area contributed by atoms with Crippen molar-refractivity contribution < 1.29 is 0 Å². The van der Waals surface area contributed by atoms with Crippen LogP contribution in [0.3, 0.4) is 0 Å². The largest absolute Gasteiger partial charge is 0.316 e. The second kappa shape index (κ2) is 10.8. The van der Waals surface area contributed by atoms with Crippen LogP contribution in [0.1, 0.15) is 26.7 Å². The molecular formula is C12H28N2S. The summed E-state index contributed by atoms with van der Waals surface area (Å²) in [6, 6.07) is 0. The van der Waals surface area contributed by atoms with E-state index in [2.05, 4.69) is 49.9 Å². The summed E-state index contributed by atoms with van der Waals surface area (Å²) in [4.78, 5) is 2.24. The second-order valence-corrected chi connectivity index (χ2v) is 5.64. The summed E-state index contributed by atoms with van der Waals surface area (Å²) in [5.74, 6) is 3.45. The zero-order chi connectivity index (χ0) is 11.5. The number of hydrogen-bond donors (Lipinski definition) is 1. The van der Waals surface area contributed by atoms with Crippen LogP contribution in [0.2, 0.25) is 0 Å². The normalized spacial score (nSPS) is 13.4. The number of nitrogens with zero attached hydrogens (tertiary/aromatic N) is 1. The number of rotatable bonds is 10. The standard InChI is InChI=1S/C12H28N2S/c1-5-12(2)11-15-10-8-13-7-6-9-14(3)4/h12-13H,5-11H2,1-4H3. The van der Waals surface area contributed by atoms with Crippen molar-refractivity contribution in [3.63, 3.8) is 0 Å². The average molecular weight is 232 g/mol. The lowest BCUT2D eigenvalue weighted by Gasteiger charge is -2.10. The zero-order valence-corrected chi connectivity index (χ0v) is 11.7. The highest BCUT2D eigenvalue weighted by molar-refractivity contribution is 7.99. The lowest BCUT2D eigenvalue weighted by molar-refractivity contribution is 0.396. The molecule has 1 N–H and O–H groups in total. The number of hydrogen-bond acceptors (Lipinski definition) is 3. The van der Waals surface area contributed by atoms with Crippen LogP contribution in [0, 0.1) is 5.92 Å². The van der Waals surface area contributed by atoms with Crippen LogP contribution < -0.4 is 5.32 Å². The van der Waals surface area contributed by atoms with Crippen molar-refractivity contribution in [2.45, 2.75) is 26.7 Å². The van der Waals surface area contributed by atoms with Crippen molar-refractivity contribution in [1.82, 2.24) is 10.2 Å². The Kier molecular flexibility index (Phi) is 11.0. The maximum absolute atomic E-state index is 3.48. The van der Waals surface area contributed by atoms with Crippen molar-refractivity contribution in [2.75, 3.05) is 45.2 Å². The Bertz CT molecular complexity index is 129. The van der Waals surface area contributed by atoms with Gasteiger partial charge in [0.1, 0.15) is 0 Å². The summed E-state index contributed by atoms with van der Waals surface area (Å²) in [7, 11) is 4.25. The van der Waals surface area contributed by atoms with E-state index in [4.69, 9.17) is 0 Å². The minimum Gasteiger partial charge on any atom is -0.316 e. The molecule has 0 amide bonds. The lowest BCUT2D eigenvalue weighted by Crippen LogP contribution is -2.23. The molecule has 0 spiro atoms. The van der Waals surface area contributed by atoms with Gasteiger partial charge in [-0.15, -0.1) is 0 Å². The van der Waals surface area contributed by atoms with Crippen LogP contribution in [-0.4, -0.2) is 50.1 Å². The molecule has 1 atom stereocenters. The molecule has 0 fully saturated rings. The van der Waals surface area contributed by atoms with Gasteiger partial charge < -0.3 is 10.2 Å². The maximum Gasteiger partial charge on any atom is 0.00582 e. The van der Waals surface area contributed by atoms with Gasteiger partial charge in [0.05, 0.1) is 0 Å². The fourth-order valence-corrected chi connectivity index (χ4v) is 2.29. The van der Waals surface area contributed by atoms with Gasteiger partial charge in [0, 0.05) is 12.3 Å². The van der Waals surface area contributed by atoms with Crippen molar-refractivity contribution in [3.05, 3.63) is 0 Å². The highest BCUT2D eigenvalue weighted by Gasteiger charge is 1.97. The van der Waals surface area contributed by atoms with E-state index in [0.717, 1.165) is 19.0 Å². The molecular weight excluding hydrogens is 204 g/mol. The SMILES string of the molecule is CCC(C)CSCCNCCCN(C)C. The first-order chi connectivity index (χ1) is 7.16. The summed E-state index contributed by atoms with van der Waals surface area (Å²) < 4.78 is 0. The average Bonchev–Trinajstić information content (AvgIpc) is 2.21. The van der Waals surface area contributed by atoms with E-state index in [1.54, 1.807) is 0 Å². The molecule has 0 radical (unpaired) electrons. The molecule has 1 unspecified atom stereocenters. The predicted molar refractivity (Wildman–Crippen MR) is 72.8 cm³/mol. The van der Waals surface area contributed by atoms with Crippen molar-refractivity contribution >= 4 is 11.8 Å². The minimum absolute atomic E-state index is 0.878. The Morgan fingerprint density at radius 3 is 2.60 bits per heavy atom. The Morgan fingerprint density at radius 2 is 2.00 bits per heavy atom.